The fraction of sp³-hybridized carbons (Fsp3) is 0.235. The van der Waals surface area contributed by atoms with E-state index in [2.05, 4.69) is 15.5 Å². The lowest BCUT2D eigenvalue weighted by atomic mass is 10.2. The van der Waals surface area contributed by atoms with Crippen LogP contribution in [-0.2, 0) is 13.6 Å². The van der Waals surface area contributed by atoms with Gasteiger partial charge in [-0.05, 0) is 26.0 Å². The molecule has 0 aliphatic heterocycles. The Labute approximate surface area is 155 Å². The number of hydrogen-bond donors (Lipinski definition) is 1. The number of carbonyl (C=O) groups excluding carboxylic acids is 1. The summed E-state index contributed by atoms with van der Waals surface area (Å²) in [5.41, 5.74) is 2.86. The molecule has 1 amide bonds. The topological polar surface area (TPSA) is 64.7 Å². The zero-order chi connectivity index (χ0) is 18.1. The van der Waals surface area contributed by atoms with Crippen molar-refractivity contribution in [3.63, 3.8) is 0 Å². The van der Waals surface area contributed by atoms with Gasteiger partial charge in [-0.25, -0.2) is 0 Å². The summed E-state index contributed by atoms with van der Waals surface area (Å²) < 4.78 is 3.35. The van der Waals surface area contributed by atoms with Gasteiger partial charge in [0, 0.05) is 40.6 Å². The summed E-state index contributed by atoms with van der Waals surface area (Å²) >= 11 is 12.4. The number of halogens is 2. The number of rotatable bonds is 4. The van der Waals surface area contributed by atoms with Crippen molar-refractivity contribution in [2.24, 2.45) is 7.05 Å². The Morgan fingerprint density at radius 2 is 1.88 bits per heavy atom. The highest BCUT2D eigenvalue weighted by Gasteiger charge is 2.15. The molecule has 3 rings (SSSR count). The summed E-state index contributed by atoms with van der Waals surface area (Å²) in [6, 6.07) is 7.17. The average Bonchev–Trinajstić information content (AvgIpc) is 3.05. The fourth-order valence-corrected chi connectivity index (χ4v) is 3.09. The Morgan fingerprint density at radius 1 is 1.20 bits per heavy atom. The first-order valence-corrected chi connectivity index (χ1v) is 8.39. The second-order valence-electron chi connectivity index (χ2n) is 5.78. The molecule has 0 spiro atoms. The smallest absolute Gasteiger partial charge is 0.260 e. The molecule has 1 aromatic carbocycles. The van der Waals surface area contributed by atoms with E-state index in [0.29, 0.717) is 33.7 Å². The van der Waals surface area contributed by atoms with Crippen molar-refractivity contribution in [2.45, 2.75) is 20.4 Å². The highest BCUT2D eigenvalue weighted by atomic mass is 35.5. The van der Waals surface area contributed by atoms with Crippen LogP contribution in [0.25, 0.3) is 0 Å². The quantitative estimate of drug-likeness (QED) is 0.750. The molecule has 3 aromatic rings. The number of nitrogens with zero attached hydrogens (tertiary/aromatic N) is 4. The van der Waals surface area contributed by atoms with Crippen molar-refractivity contribution in [2.75, 3.05) is 5.32 Å². The molecular formula is C17H17Cl2N5O. The van der Waals surface area contributed by atoms with Crippen molar-refractivity contribution < 1.29 is 4.79 Å². The van der Waals surface area contributed by atoms with Crippen LogP contribution in [-0.4, -0.2) is 25.5 Å². The highest BCUT2D eigenvalue weighted by Crippen LogP contribution is 2.26. The minimum absolute atomic E-state index is 0.244. The first-order valence-electron chi connectivity index (χ1n) is 7.64. The zero-order valence-electron chi connectivity index (χ0n) is 14.0. The number of hydrogen-bond acceptors (Lipinski definition) is 3. The van der Waals surface area contributed by atoms with Crippen LogP contribution >= 0.6 is 23.2 Å². The van der Waals surface area contributed by atoms with E-state index in [0.717, 1.165) is 11.3 Å². The summed E-state index contributed by atoms with van der Waals surface area (Å²) in [6.45, 7) is 4.12. The summed E-state index contributed by atoms with van der Waals surface area (Å²) in [5.74, 6) is 0.222. The van der Waals surface area contributed by atoms with Crippen LogP contribution < -0.4 is 5.32 Å². The third kappa shape index (κ3) is 3.70. The molecule has 0 fully saturated rings. The Balaban J connectivity index is 1.81. The summed E-state index contributed by atoms with van der Waals surface area (Å²) in [5, 5.41) is 12.6. The van der Waals surface area contributed by atoms with Crippen LogP contribution in [0.15, 0.2) is 30.5 Å². The van der Waals surface area contributed by atoms with E-state index in [1.165, 1.54) is 0 Å². The van der Waals surface area contributed by atoms with Crippen LogP contribution in [0.5, 0.6) is 0 Å². The van der Waals surface area contributed by atoms with E-state index in [-0.39, 0.29) is 5.91 Å². The van der Waals surface area contributed by atoms with E-state index in [1.54, 1.807) is 53.8 Å². The largest absolute Gasteiger partial charge is 0.305 e. The van der Waals surface area contributed by atoms with Crippen molar-refractivity contribution >= 4 is 34.9 Å². The normalized spacial score (nSPS) is 10.9. The molecule has 0 saturated carbocycles. The molecule has 0 unspecified atom stereocenters. The molecule has 130 valence electrons. The Hall–Kier alpha value is -2.31. The SMILES string of the molecule is Cc1nn(C)cc1C(=O)Nc1cc(C)n(Cc2c(Cl)cccc2Cl)n1. The summed E-state index contributed by atoms with van der Waals surface area (Å²) in [7, 11) is 1.77. The summed E-state index contributed by atoms with van der Waals surface area (Å²) in [4.78, 5) is 12.4. The molecule has 0 bridgehead atoms. The van der Waals surface area contributed by atoms with Crippen LogP contribution in [0.1, 0.15) is 27.3 Å². The molecular weight excluding hydrogens is 361 g/mol. The third-order valence-corrected chi connectivity index (χ3v) is 4.56. The number of carbonyl (C=O) groups is 1. The van der Waals surface area contributed by atoms with E-state index < -0.39 is 0 Å². The lowest BCUT2D eigenvalue weighted by Gasteiger charge is -2.08. The van der Waals surface area contributed by atoms with Gasteiger partial charge in [-0.15, -0.1) is 0 Å². The van der Waals surface area contributed by atoms with Gasteiger partial charge in [-0.1, -0.05) is 29.3 Å². The molecule has 25 heavy (non-hydrogen) atoms. The second kappa shape index (κ2) is 6.90. The van der Waals surface area contributed by atoms with Crippen molar-refractivity contribution in [1.82, 2.24) is 19.6 Å². The molecule has 0 aliphatic carbocycles. The van der Waals surface area contributed by atoms with E-state index >= 15 is 0 Å². The molecule has 1 N–H and O–H groups in total. The van der Waals surface area contributed by atoms with Gasteiger partial charge in [0.25, 0.3) is 5.91 Å². The Kier molecular flexibility index (Phi) is 4.83. The van der Waals surface area contributed by atoms with Gasteiger partial charge in [0.1, 0.15) is 0 Å². The van der Waals surface area contributed by atoms with E-state index in [1.807, 2.05) is 6.92 Å². The maximum absolute atomic E-state index is 12.4. The van der Waals surface area contributed by atoms with Crippen molar-refractivity contribution in [3.05, 3.63) is 63.0 Å². The van der Waals surface area contributed by atoms with Gasteiger partial charge in [0.05, 0.1) is 17.8 Å². The molecule has 0 atom stereocenters. The van der Waals surface area contributed by atoms with Crippen LogP contribution in [0.4, 0.5) is 5.82 Å². The maximum Gasteiger partial charge on any atom is 0.260 e. The highest BCUT2D eigenvalue weighted by molar-refractivity contribution is 6.35. The van der Waals surface area contributed by atoms with Gasteiger partial charge in [-0.2, -0.15) is 10.2 Å². The minimum Gasteiger partial charge on any atom is -0.305 e. The van der Waals surface area contributed by atoms with Crippen LogP contribution in [0, 0.1) is 13.8 Å². The van der Waals surface area contributed by atoms with Crippen molar-refractivity contribution in [3.8, 4) is 0 Å². The Bertz CT molecular complexity index is 924. The second-order valence-corrected chi connectivity index (χ2v) is 6.60. The van der Waals surface area contributed by atoms with Gasteiger partial charge in [-0.3, -0.25) is 14.2 Å². The number of aryl methyl sites for hydroxylation is 3. The first kappa shape index (κ1) is 17.5. The average molecular weight is 378 g/mol. The molecule has 0 aliphatic rings. The number of amides is 1. The lowest BCUT2D eigenvalue weighted by molar-refractivity contribution is 0.102. The third-order valence-electron chi connectivity index (χ3n) is 3.85. The van der Waals surface area contributed by atoms with Gasteiger partial charge < -0.3 is 5.32 Å². The van der Waals surface area contributed by atoms with Crippen molar-refractivity contribution in [1.29, 1.82) is 0 Å². The maximum atomic E-state index is 12.4. The predicted molar refractivity (Wildman–Crippen MR) is 98.4 cm³/mol. The number of nitrogens with one attached hydrogen (secondary N) is 1. The Morgan fingerprint density at radius 3 is 2.48 bits per heavy atom. The monoisotopic (exact) mass is 377 g/mol. The number of anilines is 1. The number of aromatic nitrogens is 4. The van der Waals surface area contributed by atoms with E-state index in [4.69, 9.17) is 23.2 Å². The van der Waals surface area contributed by atoms with Crippen LogP contribution in [0.2, 0.25) is 10.0 Å². The standard InChI is InChI=1S/C17H17Cl2N5O/c1-10-7-16(20-17(25)12-8-23(3)21-11(12)2)22-24(10)9-13-14(18)5-4-6-15(13)19/h4-8H,9H2,1-3H3,(H,20,22,25). The number of benzene rings is 1. The molecule has 8 heteroatoms. The molecule has 0 saturated heterocycles. The minimum atomic E-state index is -0.244. The fourth-order valence-electron chi connectivity index (χ4n) is 2.57. The molecule has 2 aromatic heterocycles. The van der Waals surface area contributed by atoms with Gasteiger partial charge in [0.15, 0.2) is 5.82 Å². The molecule has 0 radical (unpaired) electrons. The van der Waals surface area contributed by atoms with E-state index in [9.17, 15) is 4.79 Å². The molecule has 6 nitrogen and oxygen atoms in total. The molecule has 2 heterocycles. The van der Waals surface area contributed by atoms with Gasteiger partial charge >= 0.3 is 0 Å². The lowest BCUT2D eigenvalue weighted by Crippen LogP contribution is -2.13. The van der Waals surface area contributed by atoms with Crippen LogP contribution in [0.3, 0.4) is 0 Å². The predicted octanol–water partition coefficient (Wildman–Crippen LogP) is 3.84. The first-order chi connectivity index (χ1) is 11.8. The zero-order valence-corrected chi connectivity index (χ0v) is 15.6. The summed E-state index contributed by atoms with van der Waals surface area (Å²) in [6.07, 6.45) is 1.68. The van der Waals surface area contributed by atoms with Gasteiger partial charge in [0.2, 0.25) is 0 Å².